The third-order valence-electron chi connectivity index (χ3n) is 11.4. The molecule has 0 radical (unpaired) electrons. The van der Waals surface area contributed by atoms with E-state index < -0.39 is 6.10 Å². The van der Waals surface area contributed by atoms with Gasteiger partial charge in [-0.25, -0.2) is 0 Å². The van der Waals surface area contributed by atoms with Crippen LogP contribution in [0.5, 0.6) is 0 Å². The van der Waals surface area contributed by atoms with E-state index in [9.17, 15) is 14.4 Å². The number of rotatable bonds is 47. The minimum Gasteiger partial charge on any atom is -0.462 e. The molecule has 6 nitrogen and oxygen atoms in total. The number of hydrogen-bond donors (Lipinski definition) is 0. The molecule has 0 rings (SSSR count). The number of unbranched alkanes of at least 4 members (excludes halogenated alkanes) is 30. The van der Waals surface area contributed by atoms with Crippen LogP contribution in [0.2, 0.25) is 0 Å². The van der Waals surface area contributed by atoms with Gasteiger partial charge >= 0.3 is 17.9 Å². The van der Waals surface area contributed by atoms with E-state index in [1.54, 1.807) is 0 Å². The number of carbonyl (C=O) groups is 3. The van der Waals surface area contributed by atoms with E-state index in [4.69, 9.17) is 14.2 Å². The van der Waals surface area contributed by atoms with E-state index in [-0.39, 0.29) is 31.1 Å². The lowest BCUT2D eigenvalue weighted by molar-refractivity contribution is -0.167. The SMILES string of the molecule is CCCCC/C=C\C/C=C\CCCCCCCCCC(=O)O[C@H](COC(=O)CCCCCCC/C=C\CCCCCC)COC(=O)CCCCCCCCCCCCCC. The van der Waals surface area contributed by atoms with Crippen molar-refractivity contribution in [3.05, 3.63) is 36.5 Å². The third kappa shape index (κ3) is 46.7. The second kappa shape index (κ2) is 49.3. The predicted octanol–water partition coefficient (Wildman–Crippen LogP) is 16.9. The van der Waals surface area contributed by atoms with Crippen molar-refractivity contribution in [3.63, 3.8) is 0 Å². The van der Waals surface area contributed by atoms with E-state index in [0.717, 1.165) is 77.0 Å². The van der Waals surface area contributed by atoms with Gasteiger partial charge in [-0.05, 0) is 77.0 Å². The topological polar surface area (TPSA) is 78.9 Å². The largest absolute Gasteiger partial charge is 0.462 e. The molecule has 0 fully saturated rings. The van der Waals surface area contributed by atoms with Crippen molar-refractivity contribution < 1.29 is 28.6 Å². The van der Waals surface area contributed by atoms with E-state index in [2.05, 4.69) is 57.2 Å². The summed E-state index contributed by atoms with van der Waals surface area (Å²) in [5, 5.41) is 0. The molecule has 0 heterocycles. The number of ether oxygens (including phenoxy) is 3. The lowest BCUT2D eigenvalue weighted by Crippen LogP contribution is -2.30. The summed E-state index contributed by atoms with van der Waals surface area (Å²) in [7, 11) is 0. The molecule has 0 aromatic heterocycles. The first-order chi connectivity index (χ1) is 29.5. The Morgan fingerprint density at radius 1 is 0.333 bits per heavy atom. The zero-order valence-electron chi connectivity index (χ0n) is 40.0. The zero-order chi connectivity index (χ0) is 43.7. The Morgan fingerprint density at radius 2 is 0.600 bits per heavy atom. The van der Waals surface area contributed by atoms with Crippen molar-refractivity contribution in [3.8, 4) is 0 Å². The molecule has 0 saturated carbocycles. The fourth-order valence-corrected chi connectivity index (χ4v) is 7.41. The Labute approximate surface area is 372 Å². The first-order valence-electron chi connectivity index (χ1n) is 26.0. The monoisotopic (exact) mass is 843 g/mol. The van der Waals surface area contributed by atoms with Gasteiger partial charge in [0.1, 0.15) is 13.2 Å². The molecule has 350 valence electrons. The van der Waals surface area contributed by atoms with Crippen LogP contribution < -0.4 is 0 Å². The van der Waals surface area contributed by atoms with Crippen LogP contribution in [0.1, 0.15) is 271 Å². The molecule has 0 N–H and O–H groups in total. The van der Waals surface area contributed by atoms with Crippen molar-refractivity contribution in [2.24, 2.45) is 0 Å². The first kappa shape index (κ1) is 57.6. The van der Waals surface area contributed by atoms with E-state index >= 15 is 0 Å². The van der Waals surface area contributed by atoms with Gasteiger partial charge in [-0.15, -0.1) is 0 Å². The lowest BCUT2D eigenvalue weighted by atomic mass is 10.0. The molecular weight excluding hydrogens is 745 g/mol. The van der Waals surface area contributed by atoms with Gasteiger partial charge in [0.25, 0.3) is 0 Å². The van der Waals surface area contributed by atoms with Gasteiger partial charge in [0.15, 0.2) is 6.10 Å². The molecule has 0 aromatic carbocycles. The predicted molar refractivity (Wildman–Crippen MR) is 256 cm³/mol. The van der Waals surface area contributed by atoms with Crippen LogP contribution in [0.3, 0.4) is 0 Å². The summed E-state index contributed by atoms with van der Waals surface area (Å²) in [6.07, 6.45) is 56.9. The summed E-state index contributed by atoms with van der Waals surface area (Å²) in [5.74, 6) is -0.883. The normalized spacial score (nSPS) is 12.2. The van der Waals surface area contributed by atoms with Crippen molar-refractivity contribution in [1.82, 2.24) is 0 Å². The molecule has 0 aliphatic rings. The van der Waals surface area contributed by atoms with E-state index in [0.29, 0.717) is 19.3 Å². The standard InChI is InChI=1S/C54H98O6/c1-4-7-10-13-16-19-22-25-26-27-28-30-33-36-39-42-45-48-54(57)60-51(49-58-52(55)46-43-40-37-34-31-24-21-18-15-12-9-6-3)50-59-53(56)47-44-41-38-35-32-29-23-20-17-14-11-8-5-2/h16,19-20,23,25-26,51H,4-15,17-18,21-22,24,27-50H2,1-3H3/b19-16-,23-20-,26-25-/t51-/m0/s1. The fraction of sp³-hybridized carbons (Fsp3) is 0.833. The second-order valence-electron chi connectivity index (χ2n) is 17.4. The van der Waals surface area contributed by atoms with Gasteiger partial charge < -0.3 is 14.2 Å². The minimum absolute atomic E-state index is 0.0752. The van der Waals surface area contributed by atoms with Gasteiger partial charge in [-0.3, -0.25) is 14.4 Å². The molecule has 6 heteroatoms. The van der Waals surface area contributed by atoms with Crippen LogP contribution in [0, 0.1) is 0 Å². The highest BCUT2D eigenvalue weighted by atomic mass is 16.6. The van der Waals surface area contributed by atoms with Crippen molar-refractivity contribution in [1.29, 1.82) is 0 Å². The highest BCUT2D eigenvalue weighted by Crippen LogP contribution is 2.15. The molecule has 0 amide bonds. The lowest BCUT2D eigenvalue weighted by Gasteiger charge is -2.18. The smallest absolute Gasteiger partial charge is 0.306 e. The van der Waals surface area contributed by atoms with Gasteiger partial charge in [-0.2, -0.15) is 0 Å². The van der Waals surface area contributed by atoms with E-state index in [1.807, 2.05) is 0 Å². The average molecular weight is 843 g/mol. The number of carbonyl (C=O) groups excluding carboxylic acids is 3. The molecule has 1 atom stereocenters. The number of hydrogen-bond acceptors (Lipinski definition) is 6. The summed E-state index contributed by atoms with van der Waals surface area (Å²) in [6, 6.07) is 0. The summed E-state index contributed by atoms with van der Waals surface area (Å²) < 4.78 is 16.8. The molecule has 0 saturated heterocycles. The summed E-state index contributed by atoms with van der Waals surface area (Å²) in [5.41, 5.74) is 0. The van der Waals surface area contributed by atoms with Crippen LogP contribution in [0.4, 0.5) is 0 Å². The maximum absolute atomic E-state index is 12.8. The van der Waals surface area contributed by atoms with Gasteiger partial charge in [0, 0.05) is 19.3 Å². The van der Waals surface area contributed by atoms with Gasteiger partial charge in [-0.1, -0.05) is 211 Å². The summed E-state index contributed by atoms with van der Waals surface area (Å²) >= 11 is 0. The Hall–Kier alpha value is -2.37. The third-order valence-corrected chi connectivity index (χ3v) is 11.4. The molecule has 0 bridgehead atoms. The molecule has 60 heavy (non-hydrogen) atoms. The highest BCUT2D eigenvalue weighted by Gasteiger charge is 2.19. The van der Waals surface area contributed by atoms with Crippen molar-refractivity contribution in [2.45, 2.75) is 277 Å². The summed E-state index contributed by atoms with van der Waals surface area (Å²) in [4.78, 5) is 37.9. The second-order valence-corrected chi connectivity index (χ2v) is 17.4. The van der Waals surface area contributed by atoms with Gasteiger partial charge in [0.2, 0.25) is 0 Å². The van der Waals surface area contributed by atoms with Crippen LogP contribution in [-0.4, -0.2) is 37.2 Å². The fourth-order valence-electron chi connectivity index (χ4n) is 7.41. The minimum atomic E-state index is -0.775. The van der Waals surface area contributed by atoms with Crippen molar-refractivity contribution >= 4 is 17.9 Å². The Morgan fingerprint density at radius 3 is 0.983 bits per heavy atom. The van der Waals surface area contributed by atoms with Crippen LogP contribution >= 0.6 is 0 Å². The van der Waals surface area contributed by atoms with E-state index in [1.165, 1.54) is 154 Å². The molecule has 0 aliphatic carbocycles. The maximum atomic E-state index is 12.8. The Kier molecular flexibility index (Phi) is 47.3. The maximum Gasteiger partial charge on any atom is 0.306 e. The number of esters is 3. The molecule has 0 aromatic rings. The first-order valence-corrected chi connectivity index (χ1v) is 26.0. The quantitative estimate of drug-likeness (QED) is 0.0263. The molecule has 0 unspecified atom stereocenters. The highest BCUT2D eigenvalue weighted by molar-refractivity contribution is 5.71. The average Bonchev–Trinajstić information content (AvgIpc) is 3.24. The van der Waals surface area contributed by atoms with Gasteiger partial charge in [0.05, 0.1) is 0 Å². The van der Waals surface area contributed by atoms with Crippen LogP contribution in [-0.2, 0) is 28.6 Å². The van der Waals surface area contributed by atoms with Crippen LogP contribution in [0.15, 0.2) is 36.5 Å². The molecular formula is C54H98O6. The summed E-state index contributed by atoms with van der Waals surface area (Å²) in [6.45, 7) is 6.60. The van der Waals surface area contributed by atoms with Crippen molar-refractivity contribution in [2.75, 3.05) is 13.2 Å². The zero-order valence-corrected chi connectivity index (χ0v) is 40.0. The molecule has 0 aliphatic heterocycles. The Balaban J connectivity index is 4.37. The molecule has 0 spiro atoms. The Bertz CT molecular complexity index is 1020. The van der Waals surface area contributed by atoms with Crippen LogP contribution in [0.25, 0.3) is 0 Å². The number of allylic oxidation sites excluding steroid dienone is 6.